The van der Waals surface area contributed by atoms with Gasteiger partial charge in [-0.3, -0.25) is 9.48 Å². The maximum Gasteiger partial charge on any atom is 0.256 e. The second-order valence-electron chi connectivity index (χ2n) is 3.88. The van der Waals surface area contributed by atoms with Crippen LogP contribution >= 0.6 is 27.5 Å². The first-order chi connectivity index (χ1) is 8.47. The van der Waals surface area contributed by atoms with E-state index in [2.05, 4.69) is 26.3 Å². The van der Waals surface area contributed by atoms with Crippen LogP contribution in [0.25, 0.3) is 0 Å². The minimum absolute atomic E-state index is 0.222. The number of hydrogen-bond donors (Lipinski definition) is 1. The highest BCUT2D eigenvalue weighted by Gasteiger charge is 2.13. The lowest BCUT2D eigenvalue weighted by Crippen LogP contribution is -2.12. The summed E-state index contributed by atoms with van der Waals surface area (Å²) in [6, 6.07) is 5.08. The van der Waals surface area contributed by atoms with Gasteiger partial charge < -0.3 is 5.32 Å². The lowest BCUT2D eigenvalue weighted by Gasteiger charge is -2.06. The topological polar surface area (TPSA) is 46.9 Å². The van der Waals surface area contributed by atoms with Gasteiger partial charge >= 0.3 is 0 Å². The highest BCUT2D eigenvalue weighted by atomic mass is 79.9. The highest BCUT2D eigenvalue weighted by Crippen LogP contribution is 2.22. The fourth-order valence-corrected chi connectivity index (χ4v) is 2.18. The molecule has 0 aliphatic heterocycles. The Balaban J connectivity index is 2.27. The van der Waals surface area contributed by atoms with Crippen molar-refractivity contribution in [2.24, 2.45) is 7.05 Å². The number of carbonyl (C=O) groups is 1. The van der Waals surface area contributed by atoms with E-state index in [0.29, 0.717) is 20.7 Å². The summed E-state index contributed by atoms with van der Waals surface area (Å²) >= 11 is 9.21. The number of benzene rings is 1. The summed E-state index contributed by atoms with van der Waals surface area (Å²) in [6.45, 7) is 1.84. The third-order valence-electron chi connectivity index (χ3n) is 2.43. The van der Waals surface area contributed by atoms with E-state index in [0.717, 1.165) is 5.69 Å². The van der Waals surface area contributed by atoms with Gasteiger partial charge in [-0.2, -0.15) is 5.10 Å². The molecule has 0 unspecified atom stereocenters. The van der Waals surface area contributed by atoms with E-state index >= 15 is 0 Å². The van der Waals surface area contributed by atoms with E-state index in [-0.39, 0.29) is 5.91 Å². The number of hydrogen-bond acceptors (Lipinski definition) is 2. The summed E-state index contributed by atoms with van der Waals surface area (Å²) in [4.78, 5) is 12.1. The van der Waals surface area contributed by atoms with Gasteiger partial charge in [0.2, 0.25) is 0 Å². The maximum absolute atomic E-state index is 12.1. The molecule has 0 fully saturated rings. The van der Waals surface area contributed by atoms with E-state index in [1.807, 2.05) is 6.92 Å². The fourth-order valence-electron chi connectivity index (χ4n) is 1.58. The Morgan fingerprint density at radius 2 is 2.22 bits per heavy atom. The number of nitrogens with one attached hydrogen (secondary N) is 1. The monoisotopic (exact) mass is 327 g/mol. The van der Waals surface area contributed by atoms with Gasteiger partial charge in [0.1, 0.15) is 0 Å². The molecule has 0 bridgehead atoms. The number of anilines is 1. The molecular weight excluding hydrogens is 318 g/mol. The summed E-state index contributed by atoms with van der Waals surface area (Å²) in [5, 5.41) is 7.49. The molecule has 0 radical (unpaired) electrons. The fraction of sp³-hybridized carbons (Fsp3) is 0.167. The third-order valence-corrected chi connectivity index (χ3v) is 3.36. The molecule has 0 aliphatic rings. The van der Waals surface area contributed by atoms with Crippen LogP contribution in [0.2, 0.25) is 5.02 Å². The van der Waals surface area contributed by atoms with E-state index in [1.165, 1.54) is 0 Å². The van der Waals surface area contributed by atoms with Gasteiger partial charge in [-0.05, 0) is 41.1 Å². The van der Waals surface area contributed by atoms with Gasteiger partial charge in [0.25, 0.3) is 5.91 Å². The second-order valence-corrected chi connectivity index (χ2v) is 5.17. The first-order valence-corrected chi connectivity index (χ1v) is 6.41. The number of halogens is 2. The zero-order valence-corrected chi connectivity index (χ0v) is 12.2. The van der Waals surface area contributed by atoms with Crippen molar-refractivity contribution in [2.75, 3.05) is 5.32 Å². The van der Waals surface area contributed by atoms with Gasteiger partial charge in [-0.25, -0.2) is 0 Å². The molecule has 1 aromatic carbocycles. The van der Waals surface area contributed by atoms with Crippen molar-refractivity contribution in [3.8, 4) is 0 Å². The molecule has 0 aliphatic carbocycles. The van der Waals surface area contributed by atoms with E-state index in [1.54, 1.807) is 36.1 Å². The maximum atomic E-state index is 12.1. The molecule has 0 atom stereocenters. The zero-order chi connectivity index (χ0) is 13.3. The predicted octanol–water partition coefficient (Wildman–Crippen LogP) is 3.40. The molecule has 6 heteroatoms. The highest BCUT2D eigenvalue weighted by molar-refractivity contribution is 9.10. The van der Waals surface area contributed by atoms with Crippen LogP contribution in [0, 0.1) is 6.92 Å². The van der Waals surface area contributed by atoms with Gasteiger partial charge in [-0.1, -0.05) is 11.6 Å². The Labute approximate surface area is 118 Å². The Hall–Kier alpha value is -1.33. The van der Waals surface area contributed by atoms with E-state index < -0.39 is 0 Å². The molecule has 0 saturated heterocycles. The van der Waals surface area contributed by atoms with Crippen LogP contribution in [0.3, 0.4) is 0 Å². The standard InChI is InChI=1S/C12H11BrClN3O/c1-7-11(6-17(2)16-7)15-12(18)9-5-8(14)3-4-10(9)13/h3-6H,1-2H3,(H,15,18). The van der Waals surface area contributed by atoms with Crippen LogP contribution in [-0.2, 0) is 7.05 Å². The van der Waals surface area contributed by atoms with Gasteiger partial charge in [0, 0.05) is 22.7 Å². The Morgan fingerprint density at radius 1 is 1.50 bits per heavy atom. The smallest absolute Gasteiger partial charge is 0.256 e. The van der Waals surface area contributed by atoms with Crippen molar-refractivity contribution in [2.45, 2.75) is 6.92 Å². The summed E-state index contributed by atoms with van der Waals surface area (Å²) in [5.41, 5.74) is 1.95. The first kappa shape index (κ1) is 13.1. The molecule has 0 spiro atoms. The van der Waals surface area contributed by atoms with Crippen molar-refractivity contribution in [3.05, 3.63) is 45.1 Å². The average Bonchev–Trinajstić information content (AvgIpc) is 2.61. The minimum atomic E-state index is -0.222. The summed E-state index contributed by atoms with van der Waals surface area (Å²) in [5.74, 6) is -0.222. The van der Waals surface area contributed by atoms with Crippen LogP contribution in [0.4, 0.5) is 5.69 Å². The normalized spacial score (nSPS) is 10.4. The molecular formula is C12H11BrClN3O. The van der Waals surface area contributed by atoms with Gasteiger partial charge in [-0.15, -0.1) is 0 Å². The van der Waals surface area contributed by atoms with Gasteiger partial charge in [0.15, 0.2) is 0 Å². The van der Waals surface area contributed by atoms with Crippen LogP contribution in [0.15, 0.2) is 28.9 Å². The summed E-state index contributed by atoms with van der Waals surface area (Å²) in [6.07, 6.45) is 1.76. The van der Waals surface area contributed by atoms with Crippen molar-refractivity contribution >= 4 is 39.1 Å². The Kier molecular flexibility index (Phi) is 3.73. The van der Waals surface area contributed by atoms with Crippen LogP contribution < -0.4 is 5.32 Å². The van der Waals surface area contributed by atoms with Crippen molar-refractivity contribution in [3.63, 3.8) is 0 Å². The SMILES string of the molecule is Cc1nn(C)cc1NC(=O)c1cc(Cl)ccc1Br. The summed E-state index contributed by atoms with van der Waals surface area (Å²) in [7, 11) is 1.80. The lowest BCUT2D eigenvalue weighted by atomic mass is 10.2. The van der Waals surface area contributed by atoms with Crippen molar-refractivity contribution in [1.29, 1.82) is 0 Å². The minimum Gasteiger partial charge on any atom is -0.319 e. The number of aryl methyl sites for hydroxylation is 2. The number of amides is 1. The number of rotatable bonds is 2. The first-order valence-electron chi connectivity index (χ1n) is 5.24. The predicted molar refractivity (Wildman–Crippen MR) is 75.1 cm³/mol. The van der Waals surface area contributed by atoms with Crippen LogP contribution in [0.1, 0.15) is 16.1 Å². The molecule has 4 nitrogen and oxygen atoms in total. The zero-order valence-electron chi connectivity index (χ0n) is 9.87. The average molecular weight is 329 g/mol. The molecule has 2 rings (SSSR count). The van der Waals surface area contributed by atoms with Gasteiger partial charge in [0.05, 0.1) is 16.9 Å². The van der Waals surface area contributed by atoms with E-state index in [4.69, 9.17) is 11.6 Å². The molecule has 94 valence electrons. The second kappa shape index (κ2) is 5.12. The molecule has 18 heavy (non-hydrogen) atoms. The number of nitrogens with zero attached hydrogens (tertiary/aromatic N) is 2. The Bertz CT molecular complexity index is 609. The third kappa shape index (κ3) is 2.73. The van der Waals surface area contributed by atoms with Crippen molar-refractivity contribution in [1.82, 2.24) is 9.78 Å². The van der Waals surface area contributed by atoms with Crippen LogP contribution in [-0.4, -0.2) is 15.7 Å². The molecule has 1 heterocycles. The largest absolute Gasteiger partial charge is 0.319 e. The molecule has 1 N–H and O–H groups in total. The molecule has 2 aromatic rings. The number of carbonyl (C=O) groups excluding carboxylic acids is 1. The quantitative estimate of drug-likeness (QED) is 0.918. The molecule has 1 amide bonds. The van der Waals surface area contributed by atoms with Crippen LogP contribution in [0.5, 0.6) is 0 Å². The number of aromatic nitrogens is 2. The molecule has 1 aromatic heterocycles. The molecule has 0 saturated carbocycles. The van der Waals surface area contributed by atoms with E-state index in [9.17, 15) is 4.79 Å². The lowest BCUT2D eigenvalue weighted by molar-refractivity contribution is 0.102. The van der Waals surface area contributed by atoms with Crippen molar-refractivity contribution < 1.29 is 4.79 Å². The Morgan fingerprint density at radius 3 is 2.83 bits per heavy atom. The summed E-state index contributed by atoms with van der Waals surface area (Å²) < 4.78 is 2.35.